The van der Waals surface area contributed by atoms with E-state index in [4.69, 9.17) is 5.10 Å². The minimum Gasteiger partial charge on any atom is -0.312 e. The van der Waals surface area contributed by atoms with E-state index < -0.39 is 10.0 Å². The quantitative estimate of drug-likeness (QED) is 0.428. The van der Waals surface area contributed by atoms with Crippen LogP contribution in [0, 0.1) is 0 Å². The van der Waals surface area contributed by atoms with Crippen molar-refractivity contribution in [3.8, 4) is 11.3 Å². The van der Waals surface area contributed by atoms with Gasteiger partial charge in [0, 0.05) is 43.0 Å². The van der Waals surface area contributed by atoms with E-state index in [-0.39, 0.29) is 17.3 Å². The zero-order valence-electron chi connectivity index (χ0n) is 19.4. The van der Waals surface area contributed by atoms with Crippen LogP contribution in [0.1, 0.15) is 23.6 Å². The van der Waals surface area contributed by atoms with E-state index >= 15 is 0 Å². The second kappa shape index (κ2) is 9.48. The molecule has 1 amide bonds. The number of nitrogens with zero attached hydrogens (tertiary/aromatic N) is 3. The van der Waals surface area contributed by atoms with E-state index in [1.165, 1.54) is 6.92 Å². The van der Waals surface area contributed by atoms with Crippen LogP contribution in [0.25, 0.3) is 11.3 Å². The van der Waals surface area contributed by atoms with Crippen LogP contribution in [0.3, 0.4) is 0 Å². The molecular formula is C27H26N4O3S. The number of carbonyl (C=O) groups is 1. The Labute approximate surface area is 205 Å². The van der Waals surface area contributed by atoms with Crippen molar-refractivity contribution >= 4 is 21.6 Å². The maximum Gasteiger partial charge on any atom is 0.240 e. The molecule has 5 rings (SSSR count). The normalized spacial score (nSPS) is 13.1. The van der Waals surface area contributed by atoms with E-state index in [2.05, 4.69) is 4.72 Å². The topological polar surface area (TPSA) is 84.3 Å². The lowest BCUT2D eigenvalue weighted by Crippen LogP contribution is -2.26. The maximum atomic E-state index is 13.1. The first kappa shape index (κ1) is 23.0. The standard InChI is InChI=1S/C27H26N4O3S/c1-20(32)31-15-14-23-16-25(12-13-26(23)31)35(33,34)28-17-24-19-30(18-21-8-4-2-5-9-21)29-27(24)22-10-6-3-7-11-22/h2-13,16,19,28H,14-15,17-18H2,1H3. The summed E-state index contributed by atoms with van der Waals surface area (Å²) in [5.41, 5.74) is 5.22. The van der Waals surface area contributed by atoms with Gasteiger partial charge >= 0.3 is 0 Å². The van der Waals surface area contributed by atoms with Gasteiger partial charge in [-0.15, -0.1) is 0 Å². The van der Waals surface area contributed by atoms with Gasteiger partial charge < -0.3 is 4.90 Å². The average molecular weight is 487 g/mol. The largest absolute Gasteiger partial charge is 0.312 e. The van der Waals surface area contributed by atoms with Crippen molar-refractivity contribution < 1.29 is 13.2 Å². The van der Waals surface area contributed by atoms with Crippen molar-refractivity contribution in [3.63, 3.8) is 0 Å². The van der Waals surface area contributed by atoms with Crippen LogP contribution in [0.4, 0.5) is 5.69 Å². The van der Waals surface area contributed by atoms with E-state index in [1.54, 1.807) is 23.1 Å². The zero-order valence-corrected chi connectivity index (χ0v) is 20.2. The fraction of sp³-hybridized carbons (Fsp3) is 0.185. The number of rotatable bonds is 7. The molecule has 8 heteroatoms. The van der Waals surface area contributed by atoms with Crippen molar-refractivity contribution in [3.05, 3.63) is 102 Å². The van der Waals surface area contributed by atoms with Crippen LogP contribution in [-0.4, -0.2) is 30.7 Å². The Hall–Kier alpha value is -3.75. The van der Waals surface area contributed by atoms with Crippen LogP contribution in [0.15, 0.2) is 90.0 Å². The molecule has 4 aromatic rings. The van der Waals surface area contributed by atoms with Crippen LogP contribution in [0.2, 0.25) is 0 Å². The van der Waals surface area contributed by atoms with Gasteiger partial charge in [0.15, 0.2) is 0 Å². The molecule has 0 saturated heterocycles. The van der Waals surface area contributed by atoms with Crippen LogP contribution >= 0.6 is 0 Å². The lowest BCUT2D eigenvalue weighted by Gasteiger charge is -2.15. The summed E-state index contributed by atoms with van der Waals surface area (Å²) in [7, 11) is -3.76. The monoisotopic (exact) mass is 486 g/mol. The third-order valence-corrected chi connectivity index (χ3v) is 7.56. The molecule has 0 atom stereocenters. The molecule has 1 N–H and O–H groups in total. The molecule has 7 nitrogen and oxygen atoms in total. The lowest BCUT2D eigenvalue weighted by atomic mass is 10.1. The summed E-state index contributed by atoms with van der Waals surface area (Å²) in [5, 5.41) is 4.77. The molecule has 1 aliphatic heterocycles. The maximum absolute atomic E-state index is 13.1. The Bertz CT molecular complexity index is 1470. The van der Waals surface area contributed by atoms with E-state index in [9.17, 15) is 13.2 Å². The molecule has 0 saturated carbocycles. The first-order chi connectivity index (χ1) is 16.9. The highest BCUT2D eigenvalue weighted by Gasteiger charge is 2.25. The van der Waals surface area contributed by atoms with Gasteiger partial charge in [0.1, 0.15) is 0 Å². The molecule has 0 bridgehead atoms. The molecule has 35 heavy (non-hydrogen) atoms. The second-order valence-electron chi connectivity index (χ2n) is 8.59. The summed E-state index contributed by atoms with van der Waals surface area (Å²) >= 11 is 0. The Kier molecular flexibility index (Phi) is 6.23. The highest BCUT2D eigenvalue weighted by Crippen LogP contribution is 2.30. The summed E-state index contributed by atoms with van der Waals surface area (Å²) in [6.07, 6.45) is 2.54. The van der Waals surface area contributed by atoms with Gasteiger partial charge in [0.05, 0.1) is 17.1 Å². The van der Waals surface area contributed by atoms with E-state index in [0.717, 1.165) is 33.6 Å². The van der Waals surface area contributed by atoms with Crippen LogP contribution < -0.4 is 9.62 Å². The fourth-order valence-electron chi connectivity index (χ4n) is 4.41. The molecule has 3 aromatic carbocycles. The van der Waals surface area contributed by atoms with Gasteiger partial charge in [0.2, 0.25) is 15.9 Å². The number of benzene rings is 3. The predicted molar refractivity (Wildman–Crippen MR) is 135 cm³/mol. The van der Waals surface area contributed by atoms with E-state index in [1.807, 2.05) is 71.5 Å². The number of carbonyl (C=O) groups excluding carboxylic acids is 1. The number of hydrogen-bond donors (Lipinski definition) is 1. The fourth-order valence-corrected chi connectivity index (χ4v) is 5.47. The van der Waals surface area contributed by atoms with Crippen molar-refractivity contribution in [2.45, 2.75) is 31.3 Å². The summed E-state index contributed by atoms with van der Waals surface area (Å²) < 4.78 is 30.9. The highest BCUT2D eigenvalue weighted by molar-refractivity contribution is 7.89. The summed E-state index contributed by atoms with van der Waals surface area (Å²) in [4.78, 5) is 13.7. The SMILES string of the molecule is CC(=O)N1CCc2cc(S(=O)(=O)NCc3cn(Cc4ccccc4)nc3-c3ccccc3)ccc21. The molecule has 1 aromatic heterocycles. The molecule has 0 unspecified atom stereocenters. The Morgan fingerprint density at radius 1 is 1.00 bits per heavy atom. The van der Waals surface area contributed by atoms with Crippen LogP contribution in [0.5, 0.6) is 0 Å². The molecule has 2 heterocycles. The average Bonchev–Trinajstić information content (AvgIpc) is 3.48. The number of aromatic nitrogens is 2. The van der Waals surface area contributed by atoms with Crippen molar-refractivity contribution in [1.29, 1.82) is 0 Å². The Balaban J connectivity index is 1.40. The molecule has 0 spiro atoms. The molecule has 0 radical (unpaired) electrons. The van der Waals surface area contributed by atoms with Gasteiger partial charge in [-0.2, -0.15) is 5.10 Å². The molecule has 0 aliphatic carbocycles. The summed E-state index contributed by atoms with van der Waals surface area (Å²) in [5.74, 6) is -0.0431. The highest BCUT2D eigenvalue weighted by atomic mass is 32.2. The molecule has 0 fully saturated rings. The van der Waals surface area contributed by atoms with E-state index in [0.29, 0.717) is 19.5 Å². The summed E-state index contributed by atoms with van der Waals surface area (Å²) in [6.45, 7) is 2.79. The van der Waals surface area contributed by atoms with Crippen molar-refractivity contribution in [2.75, 3.05) is 11.4 Å². The minimum absolute atomic E-state index is 0.0431. The van der Waals surface area contributed by atoms with Crippen molar-refractivity contribution in [2.24, 2.45) is 0 Å². The van der Waals surface area contributed by atoms with Gasteiger partial charge in [-0.05, 0) is 35.7 Å². The molecular weight excluding hydrogens is 460 g/mol. The Morgan fingerprint density at radius 2 is 1.71 bits per heavy atom. The van der Waals surface area contributed by atoms with Gasteiger partial charge in [-0.25, -0.2) is 13.1 Å². The third-order valence-electron chi connectivity index (χ3n) is 6.16. The number of amides is 1. The second-order valence-corrected chi connectivity index (χ2v) is 10.4. The minimum atomic E-state index is -3.76. The summed E-state index contributed by atoms with van der Waals surface area (Å²) in [6, 6.07) is 24.7. The van der Waals surface area contributed by atoms with Gasteiger partial charge in [0.25, 0.3) is 0 Å². The van der Waals surface area contributed by atoms with Crippen LogP contribution in [-0.2, 0) is 34.3 Å². The number of nitrogens with one attached hydrogen (secondary N) is 1. The first-order valence-electron chi connectivity index (χ1n) is 11.5. The Morgan fingerprint density at radius 3 is 2.43 bits per heavy atom. The van der Waals surface area contributed by atoms with Gasteiger partial charge in [-0.1, -0.05) is 60.7 Å². The first-order valence-corrected chi connectivity index (χ1v) is 13.0. The van der Waals surface area contributed by atoms with Gasteiger partial charge in [-0.3, -0.25) is 9.48 Å². The number of anilines is 1. The lowest BCUT2D eigenvalue weighted by molar-refractivity contribution is -0.116. The number of fused-ring (bicyclic) bond motifs is 1. The smallest absolute Gasteiger partial charge is 0.240 e. The predicted octanol–water partition coefficient (Wildman–Crippen LogP) is 3.99. The number of hydrogen-bond acceptors (Lipinski definition) is 4. The zero-order chi connectivity index (χ0) is 24.4. The third kappa shape index (κ3) is 4.89. The number of sulfonamides is 1. The van der Waals surface area contributed by atoms with Crippen molar-refractivity contribution in [1.82, 2.24) is 14.5 Å². The molecule has 178 valence electrons. The molecule has 1 aliphatic rings.